The zero-order valence-corrected chi connectivity index (χ0v) is 15.6. The molecule has 0 aliphatic carbocycles. The van der Waals surface area contributed by atoms with E-state index in [1.54, 1.807) is 6.08 Å². The Morgan fingerprint density at radius 2 is 1.81 bits per heavy atom. The van der Waals surface area contributed by atoms with Gasteiger partial charge in [0.05, 0.1) is 4.91 Å². The number of benzene rings is 1. The summed E-state index contributed by atoms with van der Waals surface area (Å²) in [7, 11) is 0. The lowest BCUT2D eigenvalue weighted by atomic mass is 9.87. The second-order valence-electron chi connectivity index (χ2n) is 6.81. The van der Waals surface area contributed by atoms with Crippen molar-refractivity contribution in [3.8, 4) is 0 Å². The third kappa shape index (κ3) is 4.95. The normalized spacial score (nSPS) is 16.3. The molecule has 1 aliphatic rings. The van der Waals surface area contributed by atoms with Crippen LogP contribution in [-0.2, 0) is 19.8 Å². The summed E-state index contributed by atoms with van der Waals surface area (Å²) < 4.78 is 0. The number of thioether (sulfide) groups is 1. The molecule has 8 heteroatoms. The quantitative estimate of drug-likeness (QED) is 0.764. The lowest BCUT2D eigenvalue weighted by Crippen LogP contribution is -2.41. The van der Waals surface area contributed by atoms with E-state index in [1.807, 2.05) is 24.3 Å². The number of carboxylic acids is 1. The van der Waals surface area contributed by atoms with Crippen LogP contribution in [-0.4, -0.2) is 46.1 Å². The Bertz CT molecular complexity index is 778. The van der Waals surface area contributed by atoms with Crippen LogP contribution in [0.4, 0.5) is 4.79 Å². The van der Waals surface area contributed by atoms with Gasteiger partial charge in [-0.3, -0.25) is 24.1 Å². The van der Waals surface area contributed by atoms with Gasteiger partial charge in [0.25, 0.3) is 11.1 Å². The molecule has 2 rings (SSSR count). The Labute approximate surface area is 155 Å². The van der Waals surface area contributed by atoms with E-state index in [0.29, 0.717) is 0 Å². The molecule has 0 atom stereocenters. The summed E-state index contributed by atoms with van der Waals surface area (Å²) in [6.45, 7) is 5.23. The minimum atomic E-state index is -1.20. The van der Waals surface area contributed by atoms with Crippen molar-refractivity contribution in [1.29, 1.82) is 0 Å². The van der Waals surface area contributed by atoms with Gasteiger partial charge in [-0.25, -0.2) is 0 Å². The minimum absolute atomic E-state index is 0.0136. The highest BCUT2D eigenvalue weighted by molar-refractivity contribution is 8.18. The molecule has 2 N–H and O–H groups in total. The van der Waals surface area contributed by atoms with Crippen molar-refractivity contribution in [2.45, 2.75) is 26.2 Å². The zero-order chi connectivity index (χ0) is 19.5. The fourth-order valence-electron chi connectivity index (χ4n) is 2.24. The molecule has 7 nitrogen and oxygen atoms in total. The van der Waals surface area contributed by atoms with Crippen molar-refractivity contribution >= 4 is 40.9 Å². The summed E-state index contributed by atoms with van der Waals surface area (Å²) in [5.74, 6) is -2.47. The van der Waals surface area contributed by atoms with Crippen LogP contribution in [0.15, 0.2) is 29.2 Å². The number of imide groups is 1. The first-order valence-corrected chi connectivity index (χ1v) is 8.74. The lowest BCUT2D eigenvalue weighted by Gasteiger charge is -2.18. The smallest absolute Gasteiger partial charge is 0.322 e. The number of carboxylic acid groups (broad SMARTS) is 1. The topological polar surface area (TPSA) is 104 Å². The van der Waals surface area contributed by atoms with Crippen molar-refractivity contribution < 1.29 is 24.3 Å². The number of carbonyl (C=O) groups is 4. The molecule has 0 saturated carbocycles. The molecule has 1 heterocycles. The van der Waals surface area contributed by atoms with Crippen LogP contribution in [0.1, 0.15) is 31.9 Å². The number of nitrogens with one attached hydrogen (secondary N) is 1. The first kappa shape index (κ1) is 19.7. The lowest BCUT2D eigenvalue weighted by molar-refractivity contribution is -0.138. The second kappa shape index (κ2) is 7.74. The third-order valence-corrected chi connectivity index (χ3v) is 4.59. The minimum Gasteiger partial charge on any atom is -0.480 e. The number of nitrogens with zero attached hydrogens (tertiary/aromatic N) is 1. The molecule has 1 aromatic rings. The SMILES string of the molecule is CC(C)(C)c1ccc(/C=C2\SC(=O)N(CC(=O)NCC(=O)O)C2=O)cc1. The van der Waals surface area contributed by atoms with Crippen LogP contribution in [0, 0.1) is 0 Å². The monoisotopic (exact) mass is 376 g/mol. The maximum Gasteiger partial charge on any atom is 0.322 e. The first-order chi connectivity index (χ1) is 12.1. The van der Waals surface area contributed by atoms with Gasteiger partial charge in [-0.2, -0.15) is 0 Å². The average molecular weight is 376 g/mol. The number of amides is 3. The molecule has 0 unspecified atom stereocenters. The van der Waals surface area contributed by atoms with Gasteiger partial charge >= 0.3 is 5.97 Å². The van der Waals surface area contributed by atoms with Crippen molar-refractivity contribution in [2.24, 2.45) is 0 Å². The number of rotatable bonds is 5. The largest absolute Gasteiger partial charge is 0.480 e. The van der Waals surface area contributed by atoms with Gasteiger partial charge in [0.1, 0.15) is 13.1 Å². The summed E-state index contributed by atoms with van der Waals surface area (Å²) in [5.41, 5.74) is 1.94. The highest BCUT2D eigenvalue weighted by Crippen LogP contribution is 2.32. The van der Waals surface area contributed by atoms with Crippen molar-refractivity contribution in [1.82, 2.24) is 10.2 Å². The van der Waals surface area contributed by atoms with E-state index in [1.165, 1.54) is 0 Å². The van der Waals surface area contributed by atoms with E-state index in [4.69, 9.17) is 5.11 Å². The molecular formula is C18H20N2O5S. The fraction of sp³-hybridized carbons (Fsp3) is 0.333. The van der Waals surface area contributed by atoms with Gasteiger partial charge in [-0.05, 0) is 34.4 Å². The van der Waals surface area contributed by atoms with Gasteiger partial charge < -0.3 is 10.4 Å². The van der Waals surface area contributed by atoms with Gasteiger partial charge in [-0.15, -0.1) is 0 Å². The van der Waals surface area contributed by atoms with Crippen LogP contribution in [0.5, 0.6) is 0 Å². The van der Waals surface area contributed by atoms with E-state index >= 15 is 0 Å². The van der Waals surface area contributed by atoms with Crippen LogP contribution in [0.25, 0.3) is 6.08 Å². The number of aliphatic carboxylic acids is 1. The highest BCUT2D eigenvalue weighted by atomic mass is 32.2. The molecule has 1 aliphatic heterocycles. The number of carbonyl (C=O) groups excluding carboxylic acids is 3. The molecule has 26 heavy (non-hydrogen) atoms. The maximum absolute atomic E-state index is 12.3. The molecule has 1 fully saturated rings. The summed E-state index contributed by atoms with van der Waals surface area (Å²) in [6, 6.07) is 7.67. The van der Waals surface area contributed by atoms with Crippen LogP contribution < -0.4 is 5.32 Å². The Morgan fingerprint density at radius 3 is 2.35 bits per heavy atom. The van der Waals surface area contributed by atoms with E-state index < -0.39 is 36.1 Å². The first-order valence-electron chi connectivity index (χ1n) is 7.92. The predicted molar refractivity (Wildman–Crippen MR) is 98.5 cm³/mol. The van der Waals surface area contributed by atoms with Crippen molar-refractivity contribution in [3.63, 3.8) is 0 Å². The molecule has 0 bridgehead atoms. The summed E-state index contributed by atoms with van der Waals surface area (Å²) in [4.78, 5) is 47.4. The Balaban J connectivity index is 2.09. The predicted octanol–water partition coefficient (Wildman–Crippen LogP) is 2.22. The van der Waals surface area contributed by atoms with E-state index in [-0.39, 0.29) is 10.3 Å². The number of hydrogen-bond donors (Lipinski definition) is 2. The molecule has 0 aromatic heterocycles. The highest BCUT2D eigenvalue weighted by Gasteiger charge is 2.36. The summed E-state index contributed by atoms with van der Waals surface area (Å²) in [6.07, 6.45) is 1.60. The molecule has 1 aromatic carbocycles. The van der Waals surface area contributed by atoms with Crippen LogP contribution in [0.3, 0.4) is 0 Å². The van der Waals surface area contributed by atoms with Crippen molar-refractivity contribution in [3.05, 3.63) is 40.3 Å². The van der Waals surface area contributed by atoms with Gasteiger partial charge in [0.15, 0.2) is 0 Å². The molecule has 1 saturated heterocycles. The van der Waals surface area contributed by atoms with Gasteiger partial charge in [-0.1, -0.05) is 45.0 Å². The average Bonchev–Trinajstić information content (AvgIpc) is 2.80. The third-order valence-electron chi connectivity index (χ3n) is 3.69. The van der Waals surface area contributed by atoms with E-state index in [0.717, 1.165) is 27.8 Å². The van der Waals surface area contributed by atoms with Gasteiger partial charge in [0, 0.05) is 0 Å². The maximum atomic E-state index is 12.3. The van der Waals surface area contributed by atoms with Crippen LogP contribution >= 0.6 is 11.8 Å². The summed E-state index contributed by atoms with van der Waals surface area (Å²) in [5, 5.41) is 10.1. The summed E-state index contributed by atoms with van der Waals surface area (Å²) >= 11 is 0.755. The Morgan fingerprint density at radius 1 is 1.19 bits per heavy atom. The van der Waals surface area contributed by atoms with Crippen LogP contribution in [0.2, 0.25) is 0 Å². The van der Waals surface area contributed by atoms with E-state index in [2.05, 4.69) is 26.1 Å². The van der Waals surface area contributed by atoms with Crippen molar-refractivity contribution in [2.75, 3.05) is 13.1 Å². The molecule has 0 radical (unpaired) electrons. The molecule has 138 valence electrons. The zero-order valence-electron chi connectivity index (χ0n) is 14.7. The fourth-order valence-corrected chi connectivity index (χ4v) is 3.08. The van der Waals surface area contributed by atoms with Gasteiger partial charge in [0.2, 0.25) is 5.91 Å². The standard InChI is InChI=1S/C18H20N2O5S/c1-18(2,3)12-6-4-11(5-7-12)8-13-16(24)20(17(25)26-13)10-14(21)19-9-15(22)23/h4-8H,9-10H2,1-3H3,(H,19,21)(H,22,23)/b13-8-. The Kier molecular flexibility index (Phi) is 5.86. The Hall–Kier alpha value is -2.61. The van der Waals surface area contributed by atoms with E-state index in [9.17, 15) is 19.2 Å². The number of hydrogen-bond acceptors (Lipinski definition) is 5. The molecular weight excluding hydrogens is 356 g/mol. The molecule has 3 amide bonds. The molecule has 0 spiro atoms. The second-order valence-corrected chi connectivity index (χ2v) is 7.80.